The number of aromatic hydroxyl groups is 1. The zero-order valence-electron chi connectivity index (χ0n) is 23.3. The van der Waals surface area contributed by atoms with E-state index in [2.05, 4.69) is 15.9 Å². The van der Waals surface area contributed by atoms with Crippen molar-refractivity contribution in [2.45, 2.75) is 22.6 Å². The number of imide groups is 2. The van der Waals surface area contributed by atoms with Crippen molar-refractivity contribution in [3.05, 3.63) is 64.2 Å². The van der Waals surface area contributed by atoms with E-state index in [0.29, 0.717) is 16.8 Å². The number of benzene rings is 2. The molecule has 0 spiro atoms. The zero-order chi connectivity index (χ0) is 31.0. The quantitative estimate of drug-likeness (QED) is 0.270. The molecule has 9 nitrogen and oxygen atoms in total. The molecule has 2 aliphatic heterocycles. The molecule has 1 N–H and O–H groups in total. The maximum absolute atomic E-state index is 14.0. The summed E-state index contributed by atoms with van der Waals surface area (Å²) in [7, 11) is 4.15. The highest BCUT2D eigenvalue weighted by Crippen LogP contribution is 2.63. The lowest BCUT2D eigenvalue weighted by Gasteiger charge is -2.49. The van der Waals surface area contributed by atoms with Crippen LogP contribution in [0.25, 0.3) is 6.08 Å². The van der Waals surface area contributed by atoms with Crippen LogP contribution in [0.4, 0.5) is 5.69 Å². The van der Waals surface area contributed by atoms with E-state index in [4.69, 9.17) is 32.7 Å². The number of methoxy groups -OCH3 is 2. The maximum Gasteiger partial charge on any atom is 0.253 e. The number of likely N-dealkylation sites (tertiary alicyclic amines) is 1. The fourth-order valence-corrected chi connectivity index (χ4v) is 8.29. The number of ether oxygens (including phenoxy) is 2. The Morgan fingerprint density at radius 2 is 1.60 bits per heavy atom. The molecule has 2 aliphatic carbocycles. The van der Waals surface area contributed by atoms with Crippen LogP contribution < -0.4 is 14.4 Å². The summed E-state index contributed by atoms with van der Waals surface area (Å²) in [6.45, 7) is 0. The van der Waals surface area contributed by atoms with Crippen LogP contribution in [0.5, 0.6) is 17.2 Å². The van der Waals surface area contributed by atoms with Crippen molar-refractivity contribution in [2.24, 2.45) is 23.7 Å². The van der Waals surface area contributed by atoms with Crippen molar-refractivity contribution >= 4 is 74.5 Å². The van der Waals surface area contributed by atoms with Crippen LogP contribution in [0.3, 0.4) is 0 Å². The Morgan fingerprint density at radius 1 is 0.977 bits per heavy atom. The SMILES string of the molecule is COc1cc(C=C[C@H]2C3=CC[C@@H]4C(=O)N(c5ccc(Br)cc5)C(=O)[C@@H]4[C@@H]3C[C@@]3(Cl)C(=O)N(C)C(=O)[C@@]23Cl)cc(OC)c1O. The number of nitrogens with zero attached hydrogens (tertiary/aromatic N) is 2. The maximum atomic E-state index is 14.0. The van der Waals surface area contributed by atoms with E-state index < -0.39 is 45.2 Å². The average molecular weight is 690 g/mol. The van der Waals surface area contributed by atoms with Crippen LogP contribution in [0.15, 0.2) is 58.6 Å². The molecule has 0 unspecified atom stereocenters. The molecule has 6 rings (SSSR count). The topological polar surface area (TPSA) is 113 Å². The normalized spacial score (nSPS) is 31.7. The van der Waals surface area contributed by atoms with Crippen molar-refractivity contribution in [1.29, 1.82) is 0 Å². The number of alkyl halides is 2. The minimum absolute atomic E-state index is 0.0850. The van der Waals surface area contributed by atoms with E-state index >= 15 is 0 Å². The van der Waals surface area contributed by atoms with Crippen LogP contribution in [0.1, 0.15) is 18.4 Å². The number of carbonyl (C=O) groups is 4. The molecule has 0 radical (unpaired) electrons. The van der Waals surface area contributed by atoms with Crippen LogP contribution in [-0.2, 0) is 19.2 Å². The number of phenolic OH excluding ortho intramolecular Hbond substituents is 1. The lowest BCUT2D eigenvalue weighted by Crippen LogP contribution is -2.60. The van der Waals surface area contributed by atoms with Crippen molar-refractivity contribution in [1.82, 2.24) is 4.90 Å². The lowest BCUT2D eigenvalue weighted by atomic mass is 9.57. The molecule has 2 saturated heterocycles. The Bertz CT molecular complexity index is 1620. The summed E-state index contributed by atoms with van der Waals surface area (Å²) >= 11 is 17.7. The first kappa shape index (κ1) is 29.7. The van der Waals surface area contributed by atoms with Crippen molar-refractivity contribution in [3.8, 4) is 17.2 Å². The molecule has 224 valence electrons. The fraction of sp³-hybridized carbons (Fsp3) is 0.355. The first-order chi connectivity index (χ1) is 20.4. The molecule has 4 amide bonds. The van der Waals surface area contributed by atoms with Gasteiger partial charge in [-0.3, -0.25) is 29.0 Å². The van der Waals surface area contributed by atoms with Gasteiger partial charge in [0.05, 0.1) is 31.7 Å². The lowest BCUT2D eigenvalue weighted by molar-refractivity contribution is -0.138. The Kier molecular flexibility index (Phi) is 7.18. The Balaban J connectivity index is 1.46. The monoisotopic (exact) mass is 688 g/mol. The number of rotatable bonds is 5. The van der Waals surface area contributed by atoms with Crippen LogP contribution in [0, 0.1) is 23.7 Å². The number of amides is 4. The number of hydrogen-bond acceptors (Lipinski definition) is 7. The van der Waals surface area contributed by atoms with Gasteiger partial charge >= 0.3 is 0 Å². The zero-order valence-corrected chi connectivity index (χ0v) is 26.4. The number of carbonyl (C=O) groups excluding carboxylic acids is 4. The number of anilines is 1. The highest BCUT2D eigenvalue weighted by molar-refractivity contribution is 9.10. The number of halogens is 3. The summed E-state index contributed by atoms with van der Waals surface area (Å²) in [4.78, 5) is 53.2. The molecule has 1 saturated carbocycles. The summed E-state index contributed by atoms with van der Waals surface area (Å²) in [6, 6.07) is 10.1. The van der Waals surface area contributed by atoms with E-state index in [1.807, 2.05) is 6.08 Å². The van der Waals surface area contributed by atoms with E-state index in [1.54, 1.807) is 48.6 Å². The molecule has 43 heavy (non-hydrogen) atoms. The second kappa shape index (κ2) is 10.4. The third kappa shape index (κ3) is 4.09. The standard InChI is InChI=1S/C31H27BrCl2N2O7/c1-35-28(40)30(33)14-20-18(9-10-19-24(20)27(39)36(26(19)38)17-7-5-16(32)6-8-17)21(31(30,34)29(35)41)11-4-15-12-22(42-2)25(37)23(13-15)43-3/h4-9,11-13,19-21,24,37H,10,14H2,1-3H3/t19-,20+,21-,24-,30+,31-/m0/s1. The third-order valence-electron chi connectivity index (χ3n) is 9.14. The second-order valence-corrected chi connectivity index (χ2v) is 13.3. The summed E-state index contributed by atoms with van der Waals surface area (Å²) in [5, 5.41) is 10.4. The predicted octanol–water partition coefficient (Wildman–Crippen LogP) is 4.91. The van der Waals surface area contributed by atoms with Crippen molar-refractivity contribution in [3.63, 3.8) is 0 Å². The van der Waals surface area contributed by atoms with Gasteiger partial charge in [-0.05, 0) is 60.7 Å². The highest BCUT2D eigenvalue weighted by Gasteiger charge is 2.75. The van der Waals surface area contributed by atoms with Gasteiger partial charge in [0.25, 0.3) is 11.8 Å². The number of phenols is 1. The van der Waals surface area contributed by atoms with Gasteiger partial charge < -0.3 is 14.6 Å². The predicted molar refractivity (Wildman–Crippen MR) is 163 cm³/mol. The highest BCUT2D eigenvalue weighted by atomic mass is 79.9. The molecule has 2 aromatic rings. The molecular formula is C31H27BrCl2N2O7. The molecule has 6 atom stereocenters. The number of hydrogen-bond donors (Lipinski definition) is 1. The van der Waals surface area contributed by atoms with E-state index in [-0.39, 0.29) is 41.9 Å². The van der Waals surface area contributed by atoms with Gasteiger partial charge in [0.2, 0.25) is 17.6 Å². The van der Waals surface area contributed by atoms with Gasteiger partial charge in [0.15, 0.2) is 21.2 Å². The van der Waals surface area contributed by atoms with E-state index in [1.165, 1.54) is 26.2 Å². The largest absolute Gasteiger partial charge is 0.502 e. The van der Waals surface area contributed by atoms with E-state index in [0.717, 1.165) is 9.37 Å². The Morgan fingerprint density at radius 3 is 2.21 bits per heavy atom. The van der Waals surface area contributed by atoms with Gasteiger partial charge in [-0.25, -0.2) is 0 Å². The van der Waals surface area contributed by atoms with Crippen molar-refractivity contribution in [2.75, 3.05) is 26.2 Å². The first-order valence-electron chi connectivity index (χ1n) is 13.6. The first-order valence-corrected chi connectivity index (χ1v) is 15.1. The average Bonchev–Trinajstić information content (AvgIpc) is 3.32. The summed E-state index contributed by atoms with van der Waals surface area (Å²) in [5.74, 6) is -4.78. The third-order valence-corrected chi connectivity index (χ3v) is 11.1. The number of fused-ring (bicyclic) bond motifs is 4. The number of allylic oxidation sites excluding steroid dienone is 3. The van der Waals surface area contributed by atoms with Crippen LogP contribution in [0.2, 0.25) is 0 Å². The van der Waals surface area contributed by atoms with Crippen LogP contribution >= 0.6 is 39.1 Å². The molecule has 3 fully saturated rings. The summed E-state index contributed by atoms with van der Waals surface area (Å²) < 4.78 is 11.4. The van der Waals surface area contributed by atoms with Gasteiger partial charge in [-0.15, -0.1) is 23.2 Å². The smallest absolute Gasteiger partial charge is 0.253 e. The molecule has 4 aliphatic rings. The second-order valence-electron chi connectivity index (χ2n) is 11.2. The molecule has 0 aromatic heterocycles. The molecule has 12 heteroatoms. The Hall–Kier alpha value is -3.34. The van der Waals surface area contributed by atoms with Gasteiger partial charge in [0, 0.05) is 17.4 Å². The van der Waals surface area contributed by atoms with Gasteiger partial charge in [-0.2, -0.15) is 0 Å². The van der Waals surface area contributed by atoms with Crippen LogP contribution in [-0.4, -0.2) is 64.7 Å². The molecule has 2 heterocycles. The Labute approximate surface area is 266 Å². The fourth-order valence-electron chi connectivity index (χ4n) is 7.05. The molecule has 0 bridgehead atoms. The minimum atomic E-state index is -1.88. The van der Waals surface area contributed by atoms with E-state index in [9.17, 15) is 24.3 Å². The molecule has 2 aromatic carbocycles. The summed E-state index contributed by atoms with van der Waals surface area (Å²) in [5.41, 5.74) is 1.69. The van der Waals surface area contributed by atoms with Crippen molar-refractivity contribution < 1.29 is 33.8 Å². The molecular weight excluding hydrogens is 663 g/mol. The minimum Gasteiger partial charge on any atom is -0.502 e. The van der Waals surface area contributed by atoms with Gasteiger partial charge in [0.1, 0.15) is 0 Å². The summed E-state index contributed by atoms with van der Waals surface area (Å²) in [6.07, 6.45) is 5.41. The van der Waals surface area contributed by atoms with Gasteiger partial charge in [-0.1, -0.05) is 39.7 Å².